The molecule has 3 N–H and O–H groups in total. The number of carboxylic acid groups (broad SMARTS) is 1. The number of aliphatic hydroxyl groups excluding tert-OH is 1. The lowest BCUT2D eigenvalue weighted by Crippen LogP contribution is -2.46. The highest BCUT2D eigenvalue weighted by atomic mass is 16.4. The molecule has 1 aromatic carbocycles. The number of rotatable bonds is 7. The minimum Gasteiger partial charge on any atom is -0.480 e. The Morgan fingerprint density at radius 2 is 1.80 bits per heavy atom. The highest BCUT2D eigenvalue weighted by molar-refractivity contribution is 5.86. The van der Waals surface area contributed by atoms with Gasteiger partial charge in [0.15, 0.2) is 0 Å². The summed E-state index contributed by atoms with van der Waals surface area (Å²) in [6.07, 6.45) is -0.744. The maximum absolute atomic E-state index is 11.8. The van der Waals surface area contributed by atoms with Gasteiger partial charge in [0.05, 0.1) is 0 Å². The zero-order valence-electron chi connectivity index (χ0n) is 11.7. The van der Waals surface area contributed by atoms with Gasteiger partial charge in [0.2, 0.25) is 5.91 Å². The van der Waals surface area contributed by atoms with Crippen molar-refractivity contribution in [2.45, 2.75) is 38.8 Å². The minimum atomic E-state index is -1.24. The van der Waals surface area contributed by atoms with Crippen molar-refractivity contribution in [3.8, 4) is 0 Å². The Morgan fingerprint density at radius 3 is 2.30 bits per heavy atom. The first-order valence-electron chi connectivity index (χ1n) is 6.65. The lowest BCUT2D eigenvalue weighted by Gasteiger charge is -2.18. The molecule has 1 rings (SSSR count). The number of nitrogens with one attached hydrogen (secondary N) is 1. The van der Waals surface area contributed by atoms with Crippen LogP contribution in [0.25, 0.3) is 0 Å². The first-order chi connectivity index (χ1) is 9.40. The van der Waals surface area contributed by atoms with E-state index >= 15 is 0 Å². The molecule has 1 amide bonds. The molecule has 110 valence electrons. The molecule has 0 fully saturated rings. The summed E-state index contributed by atoms with van der Waals surface area (Å²) in [5.41, 5.74) is 0.825. The van der Waals surface area contributed by atoms with E-state index in [1.54, 1.807) is 12.1 Å². The Kier molecular flexibility index (Phi) is 6.18. The molecule has 20 heavy (non-hydrogen) atoms. The van der Waals surface area contributed by atoms with Crippen LogP contribution in [0.15, 0.2) is 30.3 Å². The summed E-state index contributed by atoms with van der Waals surface area (Å²) in [5, 5.41) is 21.3. The Labute approximate surface area is 118 Å². The Morgan fingerprint density at radius 1 is 1.20 bits per heavy atom. The molecule has 5 heteroatoms. The highest BCUT2D eigenvalue weighted by Crippen LogP contribution is 2.07. The fraction of sp³-hybridized carbons (Fsp3) is 0.467. The SMILES string of the molecule is CC(C)C[C@H](NC(=O)C(O)Cc1ccccc1)C(=O)O. The van der Waals surface area contributed by atoms with Gasteiger partial charge in [0.1, 0.15) is 12.1 Å². The maximum atomic E-state index is 11.8. The molecule has 0 radical (unpaired) electrons. The minimum absolute atomic E-state index is 0.141. The third kappa shape index (κ3) is 5.40. The molecule has 0 spiro atoms. The van der Waals surface area contributed by atoms with Crippen LogP contribution < -0.4 is 5.32 Å². The van der Waals surface area contributed by atoms with Crippen LogP contribution in [0.2, 0.25) is 0 Å². The van der Waals surface area contributed by atoms with E-state index in [2.05, 4.69) is 5.32 Å². The molecule has 5 nitrogen and oxygen atoms in total. The van der Waals surface area contributed by atoms with Crippen LogP contribution in [0.1, 0.15) is 25.8 Å². The van der Waals surface area contributed by atoms with Gasteiger partial charge in [0, 0.05) is 6.42 Å². The van der Waals surface area contributed by atoms with Crippen LogP contribution in [-0.2, 0) is 16.0 Å². The largest absolute Gasteiger partial charge is 0.480 e. The normalized spacial score (nSPS) is 13.8. The summed E-state index contributed by atoms with van der Waals surface area (Å²) in [5.74, 6) is -1.59. The van der Waals surface area contributed by atoms with Gasteiger partial charge in [-0.2, -0.15) is 0 Å². The third-order valence-electron chi connectivity index (χ3n) is 2.90. The van der Waals surface area contributed by atoms with E-state index in [1.165, 1.54) is 0 Å². The summed E-state index contributed by atoms with van der Waals surface area (Å²) < 4.78 is 0. The van der Waals surface area contributed by atoms with Crippen molar-refractivity contribution in [1.29, 1.82) is 0 Å². The zero-order chi connectivity index (χ0) is 15.1. The van der Waals surface area contributed by atoms with Crippen molar-refractivity contribution < 1.29 is 19.8 Å². The van der Waals surface area contributed by atoms with Gasteiger partial charge in [-0.25, -0.2) is 4.79 Å². The van der Waals surface area contributed by atoms with Crippen LogP contribution in [0.4, 0.5) is 0 Å². The number of hydrogen-bond donors (Lipinski definition) is 3. The average Bonchev–Trinajstić information content (AvgIpc) is 2.38. The predicted molar refractivity (Wildman–Crippen MR) is 75.2 cm³/mol. The Bertz CT molecular complexity index is 444. The van der Waals surface area contributed by atoms with Crippen molar-refractivity contribution in [3.05, 3.63) is 35.9 Å². The Hall–Kier alpha value is -1.88. The number of aliphatic hydroxyl groups is 1. The van der Waals surface area contributed by atoms with Gasteiger partial charge in [-0.3, -0.25) is 4.79 Å². The quantitative estimate of drug-likeness (QED) is 0.700. The maximum Gasteiger partial charge on any atom is 0.326 e. The first-order valence-corrected chi connectivity index (χ1v) is 6.65. The van der Waals surface area contributed by atoms with Gasteiger partial charge in [-0.05, 0) is 17.9 Å². The lowest BCUT2D eigenvalue weighted by molar-refractivity contribution is -0.143. The number of carbonyl (C=O) groups excluding carboxylic acids is 1. The van der Waals surface area contributed by atoms with Crippen LogP contribution in [0, 0.1) is 5.92 Å². The first kappa shape index (κ1) is 16.2. The lowest BCUT2D eigenvalue weighted by atomic mass is 10.0. The van der Waals surface area contributed by atoms with E-state index in [0.29, 0.717) is 6.42 Å². The number of aliphatic carboxylic acids is 1. The molecule has 0 aliphatic rings. The molecule has 0 aliphatic carbocycles. The second-order valence-corrected chi connectivity index (χ2v) is 5.23. The summed E-state index contributed by atoms with van der Waals surface area (Å²) in [6.45, 7) is 3.75. The molecule has 1 unspecified atom stereocenters. The molecule has 0 saturated carbocycles. The second-order valence-electron chi connectivity index (χ2n) is 5.23. The fourth-order valence-corrected chi connectivity index (χ4v) is 1.89. The number of carboxylic acids is 1. The highest BCUT2D eigenvalue weighted by Gasteiger charge is 2.24. The molecular formula is C15H21NO4. The summed E-state index contributed by atoms with van der Waals surface area (Å²) >= 11 is 0. The fourth-order valence-electron chi connectivity index (χ4n) is 1.89. The van der Waals surface area contributed by atoms with Gasteiger partial charge in [0.25, 0.3) is 0 Å². The van der Waals surface area contributed by atoms with Crippen molar-refractivity contribution in [2.24, 2.45) is 5.92 Å². The van der Waals surface area contributed by atoms with E-state index < -0.39 is 24.0 Å². The van der Waals surface area contributed by atoms with Crippen molar-refractivity contribution in [3.63, 3.8) is 0 Å². The van der Waals surface area contributed by atoms with Crippen LogP contribution >= 0.6 is 0 Å². The third-order valence-corrected chi connectivity index (χ3v) is 2.90. The van der Waals surface area contributed by atoms with Crippen molar-refractivity contribution in [1.82, 2.24) is 5.32 Å². The molecule has 0 aromatic heterocycles. The second kappa shape index (κ2) is 7.65. The molecule has 0 aliphatic heterocycles. The van der Waals surface area contributed by atoms with Crippen molar-refractivity contribution >= 4 is 11.9 Å². The van der Waals surface area contributed by atoms with Crippen LogP contribution in [-0.4, -0.2) is 34.2 Å². The van der Waals surface area contributed by atoms with Gasteiger partial charge in [-0.15, -0.1) is 0 Å². The van der Waals surface area contributed by atoms with Crippen LogP contribution in [0.3, 0.4) is 0 Å². The smallest absolute Gasteiger partial charge is 0.326 e. The van der Waals surface area contributed by atoms with E-state index in [-0.39, 0.29) is 12.3 Å². The predicted octanol–water partition coefficient (Wildman–Crippen LogP) is 1.21. The summed E-state index contributed by atoms with van der Waals surface area (Å²) in [6, 6.07) is 8.13. The Balaban J connectivity index is 2.57. The van der Waals surface area contributed by atoms with E-state index in [4.69, 9.17) is 5.11 Å². The molecule has 0 saturated heterocycles. The van der Waals surface area contributed by atoms with Gasteiger partial charge < -0.3 is 15.5 Å². The number of carbonyl (C=O) groups is 2. The van der Waals surface area contributed by atoms with Crippen molar-refractivity contribution in [2.75, 3.05) is 0 Å². The van der Waals surface area contributed by atoms with Crippen LogP contribution in [0.5, 0.6) is 0 Å². The van der Waals surface area contributed by atoms with Gasteiger partial charge >= 0.3 is 5.97 Å². The molecule has 1 aromatic rings. The summed E-state index contributed by atoms with van der Waals surface area (Å²) in [4.78, 5) is 22.9. The standard InChI is InChI=1S/C15H21NO4/c1-10(2)8-12(15(19)20)16-14(18)13(17)9-11-6-4-3-5-7-11/h3-7,10,12-13,17H,8-9H2,1-2H3,(H,16,18)(H,19,20)/t12-,13?/m0/s1. The molecule has 2 atom stereocenters. The van der Waals surface area contributed by atoms with E-state index in [1.807, 2.05) is 32.0 Å². The monoisotopic (exact) mass is 279 g/mol. The van der Waals surface area contributed by atoms with E-state index in [0.717, 1.165) is 5.56 Å². The average molecular weight is 279 g/mol. The number of benzene rings is 1. The molecule has 0 bridgehead atoms. The summed E-state index contributed by atoms with van der Waals surface area (Å²) in [7, 11) is 0. The topological polar surface area (TPSA) is 86.6 Å². The molecular weight excluding hydrogens is 258 g/mol. The van der Waals surface area contributed by atoms with Gasteiger partial charge in [-0.1, -0.05) is 44.2 Å². The van der Waals surface area contributed by atoms with E-state index in [9.17, 15) is 14.7 Å². The zero-order valence-corrected chi connectivity index (χ0v) is 11.7. The molecule has 0 heterocycles. The number of hydrogen-bond acceptors (Lipinski definition) is 3. The number of amides is 1.